The minimum absolute atomic E-state index is 0.0602. The molecule has 0 aliphatic rings. The zero-order chi connectivity index (χ0) is 17.1. The first-order chi connectivity index (χ1) is 11.5. The third kappa shape index (κ3) is 3.54. The summed E-state index contributed by atoms with van der Waals surface area (Å²) in [5.74, 6) is 0.0862. The molecular weight excluding hydrogens is 326 g/mol. The number of aromatic nitrogens is 4. The summed E-state index contributed by atoms with van der Waals surface area (Å²) in [5.41, 5.74) is 1.07. The van der Waals surface area contributed by atoms with Gasteiger partial charge >= 0.3 is 0 Å². The molecule has 0 radical (unpaired) electrons. The Kier molecular flexibility index (Phi) is 4.48. The van der Waals surface area contributed by atoms with Gasteiger partial charge < -0.3 is 10.3 Å². The molecule has 0 bridgehead atoms. The number of anilines is 1. The number of hydrogen-bond donors (Lipinski definition) is 2. The van der Waals surface area contributed by atoms with Gasteiger partial charge in [-0.1, -0.05) is 6.07 Å². The van der Waals surface area contributed by atoms with Crippen molar-refractivity contribution in [1.82, 2.24) is 19.9 Å². The largest absolute Gasteiger partial charge is 0.305 e. The number of carbonyl (C=O) groups excluding carboxylic acids is 1. The van der Waals surface area contributed by atoms with E-state index in [-0.39, 0.29) is 17.9 Å². The number of thiazole rings is 1. The summed E-state index contributed by atoms with van der Waals surface area (Å²) >= 11 is 1.38. The molecular formula is C16H15N5O2S. The smallest absolute Gasteiger partial charge is 0.255 e. The topological polar surface area (TPSA) is 101 Å². The fourth-order valence-electron chi connectivity index (χ4n) is 2.18. The molecule has 0 aliphatic heterocycles. The highest BCUT2D eigenvalue weighted by molar-refractivity contribution is 7.15. The van der Waals surface area contributed by atoms with E-state index in [1.807, 2.05) is 13.0 Å². The summed E-state index contributed by atoms with van der Waals surface area (Å²) in [5, 5.41) is 3.21. The maximum atomic E-state index is 12.3. The average molecular weight is 341 g/mol. The van der Waals surface area contributed by atoms with Crippen LogP contribution in [0.5, 0.6) is 0 Å². The number of amides is 1. The third-order valence-electron chi connectivity index (χ3n) is 3.33. The van der Waals surface area contributed by atoms with Crippen LogP contribution in [0, 0.1) is 13.8 Å². The van der Waals surface area contributed by atoms with Gasteiger partial charge in [-0.3, -0.25) is 14.6 Å². The molecule has 0 unspecified atom stereocenters. The fraction of sp³-hybridized carbons (Fsp3) is 0.188. The van der Waals surface area contributed by atoms with E-state index < -0.39 is 0 Å². The van der Waals surface area contributed by atoms with Gasteiger partial charge in [0.1, 0.15) is 5.69 Å². The molecule has 3 rings (SSSR count). The Labute approximate surface area is 141 Å². The number of rotatable bonds is 4. The quantitative estimate of drug-likeness (QED) is 0.757. The van der Waals surface area contributed by atoms with Gasteiger partial charge in [-0.15, -0.1) is 11.3 Å². The Balaban J connectivity index is 1.81. The van der Waals surface area contributed by atoms with E-state index in [1.54, 1.807) is 31.5 Å². The standard InChI is InChI=1S/C16H15N5O2S/c1-9-8-18-16(24-9)20-13(22)7-11-10(2)19-14(21-15(11)23)12-5-3-4-6-17-12/h3-6,8H,7H2,1-2H3,(H,18,20,22)(H,19,21,23). The van der Waals surface area contributed by atoms with Crippen molar-refractivity contribution in [1.29, 1.82) is 0 Å². The van der Waals surface area contributed by atoms with E-state index in [9.17, 15) is 9.59 Å². The highest BCUT2D eigenvalue weighted by atomic mass is 32.1. The molecule has 24 heavy (non-hydrogen) atoms. The number of nitrogens with zero attached hydrogens (tertiary/aromatic N) is 3. The normalized spacial score (nSPS) is 10.6. The van der Waals surface area contributed by atoms with Gasteiger partial charge in [0.2, 0.25) is 5.91 Å². The average Bonchev–Trinajstić information content (AvgIpc) is 2.96. The summed E-state index contributed by atoms with van der Waals surface area (Å²) in [6.07, 6.45) is 3.25. The number of nitrogens with one attached hydrogen (secondary N) is 2. The Morgan fingerprint density at radius 3 is 2.75 bits per heavy atom. The summed E-state index contributed by atoms with van der Waals surface area (Å²) < 4.78 is 0. The lowest BCUT2D eigenvalue weighted by atomic mass is 10.1. The molecule has 0 saturated heterocycles. The molecule has 0 spiro atoms. The number of carbonyl (C=O) groups is 1. The Morgan fingerprint density at radius 1 is 1.29 bits per heavy atom. The molecule has 2 N–H and O–H groups in total. The maximum absolute atomic E-state index is 12.3. The molecule has 0 aromatic carbocycles. The zero-order valence-electron chi connectivity index (χ0n) is 13.2. The highest BCUT2D eigenvalue weighted by Crippen LogP contribution is 2.17. The van der Waals surface area contributed by atoms with E-state index in [2.05, 4.69) is 25.3 Å². The Bertz CT molecular complexity index is 933. The van der Waals surface area contributed by atoms with Crippen molar-refractivity contribution in [2.24, 2.45) is 0 Å². The first-order valence-corrected chi connectivity index (χ1v) is 8.08. The monoisotopic (exact) mass is 341 g/mol. The van der Waals surface area contributed by atoms with Crippen LogP contribution in [-0.2, 0) is 11.2 Å². The van der Waals surface area contributed by atoms with E-state index in [0.29, 0.717) is 27.9 Å². The van der Waals surface area contributed by atoms with Gasteiger partial charge in [0.25, 0.3) is 5.56 Å². The number of pyridine rings is 1. The van der Waals surface area contributed by atoms with Crippen molar-refractivity contribution in [2.75, 3.05) is 5.32 Å². The zero-order valence-corrected chi connectivity index (χ0v) is 14.0. The molecule has 1 amide bonds. The molecule has 3 heterocycles. The Hall–Kier alpha value is -2.87. The molecule has 122 valence electrons. The summed E-state index contributed by atoms with van der Waals surface area (Å²) in [4.78, 5) is 40.7. The number of hydrogen-bond acceptors (Lipinski definition) is 6. The first-order valence-electron chi connectivity index (χ1n) is 7.26. The van der Waals surface area contributed by atoms with Crippen LogP contribution in [0.2, 0.25) is 0 Å². The summed E-state index contributed by atoms with van der Waals surface area (Å²) in [7, 11) is 0. The van der Waals surface area contributed by atoms with Crippen molar-refractivity contribution in [3.05, 3.63) is 57.1 Å². The number of aromatic amines is 1. The highest BCUT2D eigenvalue weighted by Gasteiger charge is 2.14. The van der Waals surface area contributed by atoms with Crippen molar-refractivity contribution in [2.45, 2.75) is 20.3 Å². The fourth-order valence-corrected chi connectivity index (χ4v) is 2.86. The third-order valence-corrected chi connectivity index (χ3v) is 4.16. The van der Waals surface area contributed by atoms with Crippen molar-refractivity contribution in [3.63, 3.8) is 0 Å². The Morgan fingerprint density at radius 2 is 2.12 bits per heavy atom. The molecule has 0 aliphatic carbocycles. The summed E-state index contributed by atoms with van der Waals surface area (Å²) in [6.45, 7) is 3.61. The second-order valence-corrected chi connectivity index (χ2v) is 6.43. The van der Waals surface area contributed by atoms with E-state index in [0.717, 1.165) is 4.88 Å². The van der Waals surface area contributed by atoms with Gasteiger partial charge in [0.15, 0.2) is 11.0 Å². The van der Waals surface area contributed by atoms with E-state index in [1.165, 1.54) is 11.3 Å². The van der Waals surface area contributed by atoms with Gasteiger partial charge in [-0.25, -0.2) is 9.97 Å². The minimum atomic E-state index is -0.339. The second-order valence-electron chi connectivity index (χ2n) is 5.19. The van der Waals surface area contributed by atoms with Gasteiger partial charge in [-0.2, -0.15) is 0 Å². The molecule has 3 aromatic rings. The maximum Gasteiger partial charge on any atom is 0.255 e. The van der Waals surface area contributed by atoms with E-state index >= 15 is 0 Å². The molecule has 8 heteroatoms. The molecule has 7 nitrogen and oxygen atoms in total. The lowest BCUT2D eigenvalue weighted by molar-refractivity contribution is -0.115. The number of aryl methyl sites for hydroxylation is 2. The molecule has 3 aromatic heterocycles. The van der Waals surface area contributed by atoms with Crippen LogP contribution in [0.4, 0.5) is 5.13 Å². The first kappa shape index (κ1) is 16.0. The second kappa shape index (κ2) is 6.71. The van der Waals surface area contributed by atoms with Crippen molar-refractivity contribution < 1.29 is 4.79 Å². The molecule has 0 saturated carbocycles. The molecule has 0 fully saturated rings. The van der Waals surface area contributed by atoms with Gasteiger partial charge in [0.05, 0.1) is 6.42 Å². The minimum Gasteiger partial charge on any atom is -0.305 e. The predicted octanol–water partition coefficient (Wildman–Crippen LogP) is 2.09. The van der Waals surface area contributed by atoms with E-state index in [4.69, 9.17) is 0 Å². The lowest BCUT2D eigenvalue weighted by Gasteiger charge is -2.07. The van der Waals surface area contributed by atoms with Crippen LogP contribution in [0.15, 0.2) is 35.4 Å². The van der Waals surface area contributed by atoms with Crippen LogP contribution in [-0.4, -0.2) is 25.8 Å². The molecule has 0 atom stereocenters. The number of H-pyrrole nitrogens is 1. The van der Waals surface area contributed by atoms with Crippen LogP contribution in [0.1, 0.15) is 16.1 Å². The van der Waals surface area contributed by atoms with Gasteiger partial charge in [0, 0.05) is 28.5 Å². The van der Waals surface area contributed by atoms with Gasteiger partial charge in [-0.05, 0) is 26.0 Å². The van der Waals surface area contributed by atoms with Crippen LogP contribution in [0.25, 0.3) is 11.5 Å². The summed E-state index contributed by atoms with van der Waals surface area (Å²) in [6, 6.07) is 5.36. The predicted molar refractivity (Wildman–Crippen MR) is 92.0 cm³/mol. The van der Waals surface area contributed by atoms with Crippen LogP contribution < -0.4 is 10.9 Å². The van der Waals surface area contributed by atoms with Crippen LogP contribution in [0.3, 0.4) is 0 Å². The van der Waals surface area contributed by atoms with Crippen LogP contribution >= 0.6 is 11.3 Å². The van der Waals surface area contributed by atoms with Crippen molar-refractivity contribution >= 4 is 22.4 Å². The lowest BCUT2D eigenvalue weighted by Crippen LogP contribution is -2.23. The SMILES string of the molecule is Cc1cnc(NC(=O)Cc2c(C)nc(-c3ccccn3)[nH]c2=O)s1. The van der Waals surface area contributed by atoms with Crippen molar-refractivity contribution in [3.8, 4) is 11.5 Å².